The van der Waals surface area contributed by atoms with Crippen LogP contribution in [0, 0.1) is 0 Å². The first-order valence-corrected chi connectivity index (χ1v) is 7.53. The Morgan fingerprint density at radius 2 is 1.89 bits per heavy atom. The summed E-state index contributed by atoms with van der Waals surface area (Å²) >= 11 is 0. The van der Waals surface area contributed by atoms with E-state index >= 15 is 0 Å². The third-order valence-electron chi connectivity index (χ3n) is 4.56. The van der Waals surface area contributed by atoms with Gasteiger partial charge in [-0.25, -0.2) is 0 Å². The van der Waals surface area contributed by atoms with Gasteiger partial charge in [-0.15, -0.1) is 0 Å². The molecular formula is C14H25N3O. The lowest BCUT2D eigenvalue weighted by atomic mass is 10.2. The van der Waals surface area contributed by atoms with Crippen LogP contribution in [0.2, 0.25) is 0 Å². The van der Waals surface area contributed by atoms with Gasteiger partial charge in [0, 0.05) is 38.3 Å². The van der Waals surface area contributed by atoms with Crippen molar-refractivity contribution in [1.29, 1.82) is 0 Å². The van der Waals surface area contributed by atoms with Gasteiger partial charge in [-0.1, -0.05) is 0 Å². The van der Waals surface area contributed by atoms with Crippen molar-refractivity contribution in [3.63, 3.8) is 0 Å². The minimum absolute atomic E-state index is 0.00717. The standard InChI is InChI=1S/C14H25N3O/c1-11(14(18)16-7-2-3-8-16)15-12-6-9-17(10-12)13-4-5-13/h11-13,15H,2-10H2,1H3. The lowest BCUT2D eigenvalue weighted by Gasteiger charge is -2.24. The summed E-state index contributed by atoms with van der Waals surface area (Å²) in [4.78, 5) is 16.8. The van der Waals surface area contributed by atoms with Gasteiger partial charge in [0.1, 0.15) is 0 Å². The van der Waals surface area contributed by atoms with Crippen LogP contribution in [0.25, 0.3) is 0 Å². The summed E-state index contributed by atoms with van der Waals surface area (Å²) in [6.07, 6.45) is 6.33. The van der Waals surface area contributed by atoms with Crippen molar-refractivity contribution in [2.24, 2.45) is 0 Å². The predicted octanol–water partition coefficient (Wildman–Crippen LogP) is 0.824. The molecule has 2 saturated heterocycles. The van der Waals surface area contributed by atoms with Crippen molar-refractivity contribution < 1.29 is 4.79 Å². The Hall–Kier alpha value is -0.610. The molecule has 0 aromatic carbocycles. The largest absolute Gasteiger partial charge is 0.341 e. The van der Waals surface area contributed by atoms with Crippen LogP contribution in [-0.4, -0.2) is 60.0 Å². The van der Waals surface area contributed by atoms with E-state index in [1.807, 2.05) is 11.8 Å². The third kappa shape index (κ3) is 2.69. The van der Waals surface area contributed by atoms with E-state index in [1.165, 1.54) is 38.6 Å². The lowest BCUT2D eigenvalue weighted by Crippen LogP contribution is -2.48. The van der Waals surface area contributed by atoms with Gasteiger partial charge in [-0.05, 0) is 39.0 Å². The molecule has 4 heteroatoms. The van der Waals surface area contributed by atoms with Crippen LogP contribution in [0.15, 0.2) is 0 Å². The average molecular weight is 251 g/mol. The minimum Gasteiger partial charge on any atom is -0.341 e. The molecule has 0 spiro atoms. The van der Waals surface area contributed by atoms with Gasteiger partial charge in [-0.3, -0.25) is 9.69 Å². The smallest absolute Gasteiger partial charge is 0.239 e. The Labute approximate surface area is 110 Å². The molecule has 2 heterocycles. The van der Waals surface area contributed by atoms with Gasteiger partial charge in [0.25, 0.3) is 0 Å². The monoisotopic (exact) mass is 251 g/mol. The van der Waals surface area contributed by atoms with Crippen LogP contribution >= 0.6 is 0 Å². The molecule has 3 rings (SSSR count). The van der Waals surface area contributed by atoms with Crippen LogP contribution in [0.4, 0.5) is 0 Å². The van der Waals surface area contributed by atoms with Crippen molar-refractivity contribution in [3.05, 3.63) is 0 Å². The first-order valence-electron chi connectivity index (χ1n) is 7.53. The zero-order chi connectivity index (χ0) is 12.5. The molecule has 0 aromatic heterocycles. The average Bonchev–Trinajstić information content (AvgIpc) is 2.91. The second-order valence-corrected chi connectivity index (χ2v) is 6.13. The zero-order valence-electron chi connectivity index (χ0n) is 11.4. The summed E-state index contributed by atoms with van der Waals surface area (Å²) in [5, 5.41) is 3.54. The highest BCUT2D eigenvalue weighted by atomic mass is 16.2. The van der Waals surface area contributed by atoms with Gasteiger partial charge in [0.2, 0.25) is 5.91 Å². The number of rotatable bonds is 4. The summed E-state index contributed by atoms with van der Waals surface area (Å²) in [5.41, 5.74) is 0. The Morgan fingerprint density at radius 3 is 2.56 bits per heavy atom. The summed E-state index contributed by atoms with van der Waals surface area (Å²) in [6.45, 7) is 6.31. The fourth-order valence-corrected chi connectivity index (χ4v) is 3.33. The molecule has 102 valence electrons. The minimum atomic E-state index is -0.00717. The van der Waals surface area contributed by atoms with E-state index in [0.717, 1.165) is 25.7 Å². The van der Waals surface area contributed by atoms with Gasteiger partial charge in [-0.2, -0.15) is 0 Å². The van der Waals surface area contributed by atoms with Crippen molar-refractivity contribution in [2.45, 2.75) is 57.2 Å². The SMILES string of the molecule is CC(NC1CCN(C2CC2)C1)C(=O)N1CCCC1. The maximum absolute atomic E-state index is 12.2. The zero-order valence-corrected chi connectivity index (χ0v) is 11.4. The molecule has 2 unspecified atom stereocenters. The molecule has 0 bridgehead atoms. The highest BCUT2D eigenvalue weighted by Gasteiger charge is 2.35. The first-order chi connectivity index (χ1) is 8.74. The number of carbonyl (C=O) groups is 1. The second kappa shape index (κ2) is 5.17. The molecule has 1 saturated carbocycles. The molecule has 3 aliphatic rings. The second-order valence-electron chi connectivity index (χ2n) is 6.13. The van der Waals surface area contributed by atoms with E-state index in [0.29, 0.717) is 11.9 Å². The summed E-state index contributed by atoms with van der Waals surface area (Å²) in [6, 6.07) is 1.38. The normalized spacial score (nSPS) is 30.9. The van der Waals surface area contributed by atoms with Crippen LogP contribution in [0.3, 0.4) is 0 Å². The van der Waals surface area contributed by atoms with E-state index in [-0.39, 0.29) is 6.04 Å². The molecule has 2 atom stereocenters. The Morgan fingerprint density at radius 1 is 1.17 bits per heavy atom. The number of nitrogens with zero attached hydrogens (tertiary/aromatic N) is 2. The summed E-state index contributed by atoms with van der Waals surface area (Å²) < 4.78 is 0. The first kappa shape index (κ1) is 12.4. The summed E-state index contributed by atoms with van der Waals surface area (Å²) in [5.74, 6) is 0.303. The predicted molar refractivity (Wildman–Crippen MR) is 71.4 cm³/mol. The highest BCUT2D eigenvalue weighted by molar-refractivity contribution is 5.81. The number of nitrogens with one attached hydrogen (secondary N) is 1. The molecule has 18 heavy (non-hydrogen) atoms. The lowest BCUT2D eigenvalue weighted by molar-refractivity contribution is -0.132. The number of amides is 1. The molecule has 4 nitrogen and oxygen atoms in total. The van der Waals surface area contributed by atoms with Crippen molar-refractivity contribution in [2.75, 3.05) is 26.2 Å². The van der Waals surface area contributed by atoms with Crippen molar-refractivity contribution in [3.8, 4) is 0 Å². The van der Waals surface area contributed by atoms with Crippen LogP contribution in [-0.2, 0) is 4.79 Å². The van der Waals surface area contributed by atoms with Gasteiger partial charge < -0.3 is 10.2 Å². The molecule has 1 N–H and O–H groups in total. The maximum atomic E-state index is 12.2. The fourth-order valence-electron chi connectivity index (χ4n) is 3.33. The van der Waals surface area contributed by atoms with Crippen LogP contribution < -0.4 is 5.32 Å². The van der Waals surface area contributed by atoms with E-state index in [4.69, 9.17) is 0 Å². The molecule has 0 aromatic rings. The van der Waals surface area contributed by atoms with Crippen LogP contribution in [0.1, 0.15) is 39.0 Å². The number of likely N-dealkylation sites (tertiary alicyclic amines) is 2. The van der Waals surface area contributed by atoms with Gasteiger partial charge >= 0.3 is 0 Å². The number of carbonyl (C=O) groups excluding carboxylic acids is 1. The Balaban J connectivity index is 1.45. The maximum Gasteiger partial charge on any atom is 0.239 e. The number of hydrogen-bond acceptors (Lipinski definition) is 3. The van der Waals surface area contributed by atoms with Gasteiger partial charge in [0.05, 0.1) is 6.04 Å². The molecule has 1 aliphatic carbocycles. The molecule has 1 amide bonds. The van der Waals surface area contributed by atoms with E-state index < -0.39 is 0 Å². The topological polar surface area (TPSA) is 35.6 Å². The highest BCUT2D eigenvalue weighted by Crippen LogP contribution is 2.29. The van der Waals surface area contributed by atoms with E-state index in [2.05, 4.69) is 10.2 Å². The number of hydrogen-bond donors (Lipinski definition) is 1. The molecule has 0 radical (unpaired) electrons. The van der Waals surface area contributed by atoms with Gasteiger partial charge in [0.15, 0.2) is 0 Å². The molecular weight excluding hydrogens is 226 g/mol. The van der Waals surface area contributed by atoms with E-state index in [1.54, 1.807) is 0 Å². The molecule has 2 aliphatic heterocycles. The van der Waals surface area contributed by atoms with Crippen LogP contribution in [0.5, 0.6) is 0 Å². The van der Waals surface area contributed by atoms with Crippen molar-refractivity contribution in [1.82, 2.24) is 15.1 Å². The summed E-state index contributed by atoms with van der Waals surface area (Å²) in [7, 11) is 0. The van der Waals surface area contributed by atoms with Crippen molar-refractivity contribution >= 4 is 5.91 Å². The quantitative estimate of drug-likeness (QED) is 0.803. The fraction of sp³-hybridized carbons (Fsp3) is 0.929. The third-order valence-corrected chi connectivity index (χ3v) is 4.56. The Kier molecular flexibility index (Phi) is 3.57. The molecule has 3 fully saturated rings. The van der Waals surface area contributed by atoms with E-state index in [9.17, 15) is 4.79 Å². The Bertz CT molecular complexity index is 310.